The monoisotopic (exact) mass is 347 g/mol. The van der Waals surface area contributed by atoms with Gasteiger partial charge in [0.2, 0.25) is 5.91 Å². The van der Waals surface area contributed by atoms with Crippen LogP contribution in [0.1, 0.15) is 24.8 Å². The predicted octanol–water partition coefficient (Wildman–Crippen LogP) is 1.87. The zero-order chi connectivity index (χ0) is 17.4. The first kappa shape index (κ1) is 16.3. The Morgan fingerprint density at radius 2 is 2.00 bits per heavy atom. The van der Waals surface area contributed by atoms with E-state index in [-0.39, 0.29) is 22.1 Å². The molecule has 1 amide bonds. The molecule has 1 N–H and O–H groups in total. The second kappa shape index (κ2) is 6.27. The molecule has 0 saturated carbocycles. The minimum Gasteiger partial charge on any atom is -0.381 e. The number of nitrogens with one attached hydrogen (secondary N) is 1. The van der Waals surface area contributed by atoms with E-state index in [1.807, 2.05) is 4.90 Å². The molecule has 2 saturated heterocycles. The van der Waals surface area contributed by atoms with Crippen molar-refractivity contribution in [1.29, 1.82) is 0 Å². The van der Waals surface area contributed by atoms with Crippen LogP contribution in [-0.4, -0.2) is 49.3 Å². The number of nitro groups is 1. The third kappa shape index (κ3) is 3.07. The molecule has 8 nitrogen and oxygen atoms in total. The Hall–Kier alpha value is -2.19. The molecular weight excluding hydrogens is 326 g/mol. The maximum Gasteiger partial charge on any atom is 0.292 e. The summed E-state index contributed by atoms with van der Waals surface area (Å²) in [6.07, 6.45) is 2.48. The third-order valence-electron chi connectivity index (χ3n) is 5.29. The van der Waals surface area contributed by atoms with E-state index in [1.165, 1.54) is 0 Å². The van der Waals surface area contributed by atoms with Gasteiger partial charge in [0.05, 0.1) is 17.1 Å². The van der Waals surface area contributed by atoms with Crippen molar-refractivity contribution in [2.75, 3.05) is 43.1 Å². The highest BCUT2D eigenvalue weighted by atomic mass is 16.6. The Morgan fingerprint density at radius 3 is 2.76 bits per heavy atom. The standard InChI is InChI=1S/C17H21N3O5/c21-16-2-1-12-9-15(20(22)23)14(10-13(12)18-16)19-5-8-25-17(11-19)3-6-24-7-4-17/h9-10H,1-8,11H2,(H,18,21). The van der Waals surface area contributed by atoms with Crippen LogP contribution in [0.15, 0.2) is 12.1 Å². The molecule has 0 bridgehead atoms. The zero-order valence-electron chi connectivity index (χ0n) is 14.0. The number of amides is 1. The first-order valence-corrected chi connectivity index (χ1v) is 8.64. The zero-order valence-corrected chi connectivity index (χ0v) is 14.0. The number of morpholine rings is 1. The van der Waals surface area contributed by atoms with Gasteiger partial charge < -0.3 is 19.7 Å². The largest absolute Gasteiger partial charge is 0.381 e. The van der Waals surface area contributed by atoms with E-state index in [9.17, 15) is 14.9 Å². The number of ether oxygens (including phenoxy) is 2. The Labute approximate surface area is 145 Å². The van der Waals surface area contributed by atoms with E-state index in [4.69, 9.17) is 9.47 Å². The number of carbonyl (C=O) groups is 1. The van der Waals surface area contributed by atoms with Crippen molar-refractivity contribution >= 4 is 23.0 Å². The highest BCUT2D eigenvalue weighted by Gasteiger charge is 2.40. The van der Waals surface area contributed by atoms with Gasteiger partial charge in [0.15, 0.2) is 0 Å². The van der Waals surface area contributed by atoms with Gasteiger partial charge in [0.1, 0.15) is 5.69 Å². The average molecular weight is 347 g/mol. The van der Waals surface area contributed by atoms with E-state index >= 15 is 0 Å². The van der Waals surface area contributed by atoms with Crippen LogP contribution in [0.4, 0.5) is 17.1 Å². The fourth-order valence-corrected chi connectivity index (χ4v) is 3.90. The van der Waals surface area contributed by atoms with Gasteiger partial charge in [-0.05, 0) is 18.1 Å². The van der Waals surface area contributed by atoms with E-state index < -0.39 is 0 Å². The molecular formula is C17H21N3O5. The number of benzene rings is 1. The minimum absolute atomic E-state index is 0.0461. The van der Waals surface area contributed by atoms with Crippen molar-refractivity contribution in [1.82, 2.24) is 0 Å². The Kier molecular flexibility index (Phi) is 4.09. The van der Waals surface area contributed by atoms with Gasteiger partial charge in [-0.1, -0.05) is 0 Å². The number of aryl methyl sites for hydroxylation is 1. The Morgan fingerprint density at radius 1 is 1.20 bits per heavy atom. The number of rotatable bonds is 2. The van der Waals surface area contributed by atoms with Gasteiger partial charge >= 0.3 is 0 Å². The van der Waals surface area contributed by atoms with Gasteiger partial charge in [0.25, 0.3) is 5.69 Å². The average Bonchev–Trinajstić information content (AvgIpc) is 2.61. The summed E-state index contributed by atoms with van der Waals surface area (Å²) in [5.41, 5.74) is 1.86. The number of fused-ring (bicyclic) bond motifs is 1. The fraction of sp³-hybridized carbons (Fsp3) is 0.588. The summed E-state index contributed by atoms with van der Waals surface area (Å²) in [5, 5.41) is 14.5. The van der Waals surface area contributed by atoms with E-state index in [2.05, 4.69) is 5.32 Å². The summed E-state index contributed by atoms with van der Waals surface area (Å²) in [6.45, 7) is 3.02. The molecule has 3 heterocycles. The van der Waals surface area contributed by atoms with E-state index in [1.54, 1.807) is 12.1 Å². The van der Waals surface area contributed by atoms with Crippen molar-refractivity contribution < 1.29 is 19.2 Å². The molecule has 1 spiro atoms. The van der Waals surface area contributed by atoms with Gasteiger partial charge in [0, 0.05) is 57.3 Å². The maximum absolute atomic E-state index is 11.7. The lowest BCUT2D eigenvalue weighted by Crippen LogP contribution is -2.54. The number of nitro benzene ring substituents is 1. The summed E-state index contributed by atoms with van der Waals surface area (Å²) >= 11 is 0. The van der Waals surface area contributed by atoms with Gasteiger partial charge in [-0.25, -0.2) is 0 Å². The fourth-order valence-electron chi connectivity index (χ4n) is 3.90. The van der Waals surface area contributed by atoms with Crippen molar-refractivity contribution in [3.8, 4) is 0 Å². The van der Waals surface area contributed by atoms with E-state index in [0.29, 0.717) is 57.1 Å². The second-order valence-corrected chi connectivity index (χ2v) is 6.87. The van der Waals surface area contributed by atoms with Crippen LogP contribution in [0.5, 0.6) is 0 Å². The first-order valence-electron chi connectivity index (χ1n) is 8.64. The number of hydrogen-bond donors (Lipinski definition) is 1. The summed E-state index contributed by atoms with van der Waals surface area (Å²) < 4.78 is 11.5. The lowest BCUT2D eigenvalue weighted by molar-refractivity contribution is -0.384. The number of hydrogen-bond acceptors (Lipinski definition) is 6. The molecule has 25 heavy (non-hydrogen) atoms. The van der Waals surface area contributed by atoms with Crippen molar-refractivity contribution in [2.45, 2.75) is 31.3 Å². The molecule has 2 fully saturated rings. The number of nitrogens with zero attached hydrogens (tertiary/aromatic N) is 2. The van der Waals surface area contributed by atoms with Crippen molar-refractivity contribution in [3.63, 3.8) is 0 Å². The SMILES string of the molecule is O=C1CCc2cc([N+](=O)[O-])c(N3CCOC4(CCOCC4)C3)cc2N1. The van der Waals surface area contributed by atoms with Crippen LogP contribution in [-0.2, 0) is 20.7 Å². The lowest BCUT2D eigenvalue weighted by Gasteiger charge is -2.45. The van der Waals surface area contributed by atoms with E-state index in [0.717, 1.165) is 18.4 Å². The predicted molar refractivity (Wildman–Crippen MR) is 91.0 cm³/mol. The quantitative estimate of drug-likeness (QED) is 0.648. The van der Waals surface area contributed by atoms with Gasteiger partial charge in [-0.15, -0.1) is 0 Å². The molecule has 4 rings (SSSR count). The normalized spacial score (nSPS) is 22.4. The Balaban J connectivity index is 1.69. The molecule has 0 aliphatic carbocycles. The molecule has 1 aromatic rings. The minimum atomic E-state index is -0.335. The first-order chi connectivity index (χ1) is 12.1. The molecule has 1 aromatic carbocycles. The highest BCUT2D eigenvalue weighted by Crippen LogP contribution is 2.39. The third-order valence-corrected chi connectivity index (χ3v) is 5.29. The van der Waals surface area contributed by atoms with Crippen LogP contribution >= 0.6 is 0 Å². The van der Waals surface area contributed by atoms with Crippen LogP contribution in [0, 0.1) is 10.1 Å². The summed E-state index contributed by atoms with van der Waals surface area (Å²) in [4.78, 5) is 25.0. The van der Waals surface area contributed by atoms with Gasteiger partial charge in [-0.2, -0.15) is 0 Å². The van der Waals surface area contributed by atoms with Crippen molar-refractivity contribution in [2.24, 2.45) is 0 Å². The topological polar surface area (TPSA) is 93.9 Å². The molecule has 8 heteroatoms. The Bertz CT molecular complexity index is 709. The summed E-state index contributed by atoms with van der Waals surface area (Å²) in [7, 11) is 0. The molecule has 0 atom stereocenters. The molecule has 3 aliphatic rings. The van der Waals surface area contributed by atoms with Crippen LogP contribution in [0.2, 0.25) is 0 Å². The molecule has 0 aromatic heterocycles. The van der Waals surface area contributed by atoms with Crippen molar-refractivity contribution in [3.05, 3.63) is 27.8 Å². The van der Waals surface area contributed by atoms with Crippen LogP contribution < -0.4 is 10.2 Å². The summed E-state index contributed by atoms with van der Waals surface area (Å²) in [6, 6.07) is 3.36. The van der Waals surface area contributed by atoms with Gasteiger partial charge in [-0.3, -0.25) is 14.9 Å². The maximum atomic E-state index is 11.7. The lowest BCUT2D eigenvalue weighted by atomic mass is 9.91. The van der Waals surface area contributed by atoms with Crippen LogP contribution in [0.3, 0.4) is 0 Å². The molecule has 3 aliphatic heterocycles. The number of anilines is 2. The summed E-state index contributed by atoms with van der Waals surface area (Å²) in [5.74, 6) is -0.0461. The molecule has 0 radical (unpaired) electrons. The van der Waals surface area contributed by atoms with Crippen LogP contribution in [0.25, 0.3) is 0 Å². The molecule has 0 unspecified atom stereocenters. The highest BCUT2D eigenvalue weighted by molar-refractivity contribution is 5.95. The second-order valence-electron chi connectivity index (χ2n) is 6.87. The smallest absolute Gasteiger partial charge is 0.292 e. The number of carbonyl (C=O) groups excluding carboxylic acids is 1. The molecule has 134 valence electrons.